The molecule has 1 rings (SSSR count). The average Bonchev–Trinajstić information content (AvgIpc) is 2.51. The zero-order valence-corrected chi connectivity index (χ0v) is 13.5. The zero-order valence-electron chi connectivity index (χ0n) is 13.5. The molecule has 1 nitrogen and oxygen atoms in total. The minimum atomic E-state index is 1.09. The van der Waals surface area contributed by atoms with E-state index in [0.717, 1.165) is 5.22 Å². The lowest BCUT2D eigenvalue weighted by Gasteiger charge is -1.85. The van der Waals surface area contributed by atoms with Crippen molar-refractivity contribution >= 4 is 12.3 Å². The first kappa shape index (κ1) is 22.0. The molecule has 0 aromatic heterocycles. The van der Waals surface area contributed by atoms with Crippen LogP contribution in [0.5, 0.6) is 0 Å². The van der Waals surface area contributed by atoms with Crippen LogP contribution in [0.2, 0.25) is 0 Å². The van der Waals surface area contributed by atoms with Crippen molar-refractivity contribution < 1.29 is 0 Å². The second kappa shape index (κ2) is 21.1. The highest BCUT2D eigenvalue weighted by Crippen LogP contribution is 1.76. The SMILES string of the molecule is C/C=c1/cccc/c1=C/N.CC.CC.CCCC. The smallest absolute Gasteiger partial charge is 0.00174 e. The Morgan fingerprint density at radius 3 is 1.50 bits per heavy atom. The van der Waals surface area contributed by atoms with Gasteiger partial charge in [-0.05, 0) is 17.4 Å². The molecule has 0 unspecified atom stereocenters. The number of nitrogens with two attached hydrogens (primary N) is 1. The minimum Gasteiger partial charge on any atom is -0.404 e. The molecule has 1 aromatic carbocycles. The van der Waals surface area contributed by atoms with Crippen LogP contribution in [0.4, 0.5) is 0 Å². The Balaban J connectivity index is -0.000000238. The summed E-state index contributed by atoms with van der Waals surface area (Å²) in [6.07, 6.45) is 6.30. The fourth-order valence-corrected chi connectivity index (χ4v) is 0.926. The molecular weight excluding hydrogens is 218 g/mol. The van der Waals surface area contributed by atoms with Gasteiger partial charge in [0.15, 0.2) is 0 Å². The van der Waals surface area contributed by atoms with Crippen LogP contribution < -0.4 is 16.2 Å². The normalized spacial score (nSPS) is 10.2. The maximum absolute atomic E-state index is 5.38. The van der Waals surface area contributed by atoms with E-state index in [1.807, 2.05) is 65.0 Å². The second-order valence-corrected chi connectivity index (χ2v) is 3.08. The van der Waals surface area contributed by atoms with E-state index in [1.54, 1.807) is 6.20 Å². The summed E-state index contributed by atoms with van der Waals surface area (Å²) in [4.78, 5) is 0. The highest BCUT2D eigenvalue weighted by Gasteiger charge is 1.77. The van der Waals surface area contributed by atoms with Gasteiger partial charge in [0.05, 0.1) is 0 Å². The molecule has 106 valence electrons. The average molecular weight is 251 g/mol. The third-order valence-corrected chi connectivity index (χ3v) is 1.99. The standard InChI is InChI=1S/C9H11N.C4H10.2C2H6/c1-2-8-5-3-4-6-9(8)7-10;1-3-4-2;2*1-2/h2-7H,10H2,1H3;3-4H2,1-2H3;2*1-2H3/b8-2-,9-7-;;;. The summed E-state index contributed by atoms with van der Waals surface area (Å²) in [6.45, 7) is 14.4. The second-order valence-electron chi connectivity index (χ2n) is 3.08. The van der Waals surface area contributed by atoms with Gasteiger partial charge in [-0.25, -0.2) is 0 Å². The molecule has 0 aliphatic carbocycles. The van der Waals surface area contributed by atoms with Gasteiger partial charge in [-0.3, -0.25) is 0 Å². The van der Waals surface area contributed by atoms with Gasteiger partial charge in [-0.15, -0.1) is 0 Å². The van der Waals surface area contributed by atoms with Crippen LogP contribution in [0.15, 0.2) is 24.3 Å². The molecule has 0 bridgehead atoms. The van der Waals surface area contributed by atoms with Crippen molar-refractivity contribution in [2.24, 2.45) is 5.73 Å². The summed E-state index contributed by atoms with van der Waals surface area (Å²) in [5.41, 5.74) is 5.38. The maximum atomic E-state index is 5.38. The van der Waals surface area contributed by atoms with Crippen molar-refractivity contribution in [1.82, 2.24) is 0 Å². The fraction of sp³-hybridized carbons (Fsp3) is 0.529. The van der Waals surface area contributed by atoms with Crippen LogP contribution >= 0.6 is 0 Å². The topological polar surface area (TPSA) is 26.0 Å². The van der Waals surface area contributed by atoms with Gasteiger partial charge in [0.25, 0.3) is 0 Å². The Kier molecular flexibility index (Phi) is 25.8. The van der Waals surface area contributed by atoms with Crippen molar-refractivity contribution in [3.63, 3.8) is 0 Å². The zero-order chi connectivity index (χ0) is 14.8. The first-order valence-electron chi connectivity index (χ1n) is 7.23. The molecule has 0 amide bonds. The van der Waals surface area contributed by atoms with Gasteiger partial charge in [-0.1, -0.05) is 84.7 Å². The molecule has 0 saturated heterocycles. The lowest BCUT2D eigenvalue weighted by Crippen LogP contribution is -2.24. The predicted octanol–water partition coefficient (Wildman–Crippen LogP) is 4.04. The van der Waals surface area contributed by atoms with Crippen molar-refractivity contribution in [3.05, 3.63) is 34.7 Å². The van der Waals surface area contributed by atoms with E-state index in [4.69, 9.17) is 5.73 Å². The van der Waals surface area contributed by atoms with Crippen LogP contribution in [0, 0.1) is 0 Å². The van der Waals surface area contributed by atoms with Crippen LogP contribution in [0.1, 0.15) is 61.3 Å². The molecule has 0 aliphatic rings. The molecule has 0 spiro atoms. The molecule has 0 fully saturated rings. The Morgan fingerprint density at radius 2 is 1.28 bits per heavy atom. The van der Waals surface area contributed by atoms with Crippen LogP contribution in [-0.4, -0.2) is 0 Å². The maximum Gasteiger partial charge on any atom is 0.00174 e. The van der Waals surface area contributed by atoms with Crippen LogP contribution in [0.25, 0.3) is 12.3 Å². The molecule has 18 heavy (non-hydrogen) atoms. The monoisotopic (exact) mass is 251 g/mol. The third-order valence-electron chi connectivity index (χ3n) is 1.99. The van der Waals surface area contributed by atoms with E-state index in [0.29, 0.717) is 0 Å². The highest BCUT2D eigenvalue weighted by molar-refractivity contribution is 5.27. The molecule has 0 radical (unpaired) electrons. The summed E-state index contributed by atoms with van der Waals surface area (Å²) in [6, 6.07) is 8.02. The minimum absolute atomic E-state index is 1.09. The van der Waals surface area contributed by atoms with Gasteiger partial charge in [-0.2, -0.15) is 0 Å². The first-order valence-corrected chi connectivity index (χ1v) is 7.23. The van der Waals surface area contributed by atoms with E-state index >= 15 is 0 Å². The molecule has 0 heterocycles. The van der Waals surface area contributed by atoms with E-state index in [2.05, 4.69) is 13.8 Å². The van der Waals surface area contributed by atoms with Gasteiger partial charge >= 0.3 is 0 Å². The van der Waals surface area contributed by atoms with E-state index in [9.17, 15) is 0 Å². The number of rotatable bonds is 1. The number of benzene rings is 1. The van der Waals surface area contributed by atoms with Crippen molar-refractivity contribution in [1.29, 1.82) is 0 Å². The highest BCUT2D eigenvalue weighted by atomic mass is 14.5. The molecular formula is C17H33N. The lowest BCUT2D eigenvalue weighted by molar-refractivity contribution is 0.886. The van der Waals surface area contributed by atoms with Gasteiger partial charge in [0, 0.05) is 6.20 Å². The molecule has 0 saturated carbocycles. The lowest BCUT2D eigenvalue weighted by atomic mass is 10.2. The summed E-state index contributed by atoms with van der Waals surface area (Å²) >= 11 is 0. The number of hydrogen-bond donors (Lipinski definition) is 1. The first-order chi connectivity index (χ1) is 8.79. The summed E-state index contributed by atoms with van der Waals surface area (Å²) < 4.78 is 0. The Bertz CT molecular complexity index is 304. The van der Waals surface area contributed by atoms with Gasteiger partial charge < -0.3 is 5.73 Å². The van der Waals surface area contributed by atoms with Crippen molar-refractivity contribution in [3.8, 4) is 0 Å². The quantitative estimate of drug-likeness (QED) is 0.801. The molecule has 0 aliphatic heterocycles. The predicted molar refractivity (Wildman–Crippen MR) is 87.8 cm³/mol. The molecule has 2 N–H and O–H groups in total. The number of hydrogen-bond acceptors (Lipinski definition) is 1. The van der Waals surface area contributed by atoms with E-state index in [1.165, 1.54) is 18.1 Å². The molecule has 1 heteroatoms. The van der Waals surface area contributed by atoms with E-state index in [-0.39, 0.29) is 0 Å². The Labute approximate surface area is 114 Å². The largest absolute Gasteiger partial charge is 0.404 e. The summed E-state index contributed by atoms with van der Waals surface area (Å²) in [5, 5.41) is 2.27. The number of unbranched alkanes of at least 4 members (excludes halogenated alkanes) is 1. The third kappa shape index (κ3) is 12.8. The molecule has 1 aromatic rings. The Hall–Kier alpha value is -1.24. The van der Waals surface area contributed by atoms with E-state index < -0.39 is 0 Å². The Morgan fingerprint density at radius 1 is 0.889 bits per heavy atom. The van der Waals surface area contributed by atoms with Crippen LogP contribution in [0.3, 0.4) is 0 Å². The van der Waals surface area contributed by atoms with Gasteiger partial charge in [0.1, 0.15) is 0 Å². The van der Waals surface area contributed by atoms with Crippen molar-refractivity contribution in [2.75, 3.05) is 0 Å². The van der Waals surface area contributed by atoms with Crippen molar-refractivity contribution in [2.45, 2.75) is 61.3 Å². The van der Waals surface area contributed by atoms with Crippen LogP contribution in [-0.2, 0) is 0 Å². The fourth-order valence-electron chi connectivity index (χ4n) is 0.926. The summed E-state index contributed by atoms with van der Waals surface area (Å²) in [7, 11) is 0. The summed E-state index contributed by atoms with van der Waals surface area (Å²) in [5.74, 6) is 0. The van der Waals surface area contributed by atoms with Gasteiger partial charge in [0.2, 0.25) is 0 Å². The molecule has 0 atom stereocenters.